The van der Waals surface area contributed by atoms with E-state index in [0.717, 1.165) is 25.2 Å². The zero-order chi connectivity index (χ0) is 14.7. The summed E-state index contributed by atoms with van der Waals surface area (Å²) in [6, 6.07) is 0.381. The van der Waals surface area contributed by atoms with Crippen molar-refractivity contribution in [1.29, 1.82) is 0 Å². The minimum Gasteiger partial charge on any atom is -0.384 e. The maximum atomic E-state index is 12.5. The molecule has 0 bridgehead atoms. The second kappa shape index (κ2) is 6.39. The molecule has 3 rings (SSSR count). The van der Waals surface area contributed by atoms with E-state index < -0.39 is 0 Å². The molecule has 1 aromatic rings. The van der Waals surface area contributed by atoms with Crippen molar-refractivity contribution in [1.82, 2.24) is 15.3 Å². The zero-order valence-corrected chi connectivity index (χ0v) is 12.4. The molecule has 0 radical (unpaired) electrons. The van der Waals surface area contributed by atoms with Crippen LogP contribution in [0.4, 0.5) is 5.82 Å². The van der Waals surface area contributed by atoms with E-state index in [1.807, 2.05) is 0 Å². The number of nitrogens with zero attached hydrogens (tertiary/aromatic N) is 3. The Balaban J connectivity index is 1.67. The number of aromatic nitrogens is 2. The molecule has 2 atom stereocenters. The number of amides is 1. The van der Waals surface area contributed by atoms with E-state index in [1.54, 1.807) is 25.7 Å². The predicted octanol–water partition coefficient (Wildman–Crippen LogP) is 0.844. The third-order valence-electron chi connectivity index (χ3n) is 4.48. The molecule has 0 aromatic carbocycles. The number of carbonyl (C=O) groups excluding carboxylic acids is 1. The second-order valence-corrected chi connectivity index (χ2v) is 5.93. The average Bonchev–Trinajstić information content (AvgIpc) is 2.88. The van der Waals surface area contributed by atoms with E-state index in [2.05, 4.69) is 20.2 Å². The number of methoxy groups -OCH3 is 1. The number of ether oxygens (including phenoxy) is 1. The summed E-state index contributed by atoms with van der Waals surface area (Å²) in [4.78, 5) is 23.0. The quantitative estimate of drug-likeness (QED) is 0.870. The summed E-state index contributed by atoms with van der Waals surface area (Å²) in [7, 11) is 1.69. The van der Waals surface area contributed by atoms with Gasteiger partial charge in [0.15, 0.2) is 0 Å². The Morgan fingerprint density at radius 1 is 1.43 bits per heavy atom. The van der Waals surface area contributed by atoms with Crippen LogP contribution in [0.25, 0.3) is 0 Å². The Morgan fingerprint density at radius 2 is 2.29 bits per heavy atom. The zero-order valence-electron chi connectivity index (χ0n) is 12.4. The molecule has 2 fully saturated rings. The Hall–Kier alpha value is -1.69. The number of carbonyl (C=O) groups is 1. The highest BCUT2D eigenvalue weighted by Crippen LogP contribution is 2.28. The van der Waals surface area contributed by atoms with E-state index in [0.29, 0.717) is 19.2 Å². The van der Waals surface area contributed by atoms with Crippen molar-refractivity contribution < 1.29 is 9.53 Å². The lowest BCUT2D eigenvalue weighted by atomic mass is 9.90. The summed E-state index contributed by atoms with van der Waals surface area (Å²) >= 11 is 0. The summed E-state index contributed by atoms with van der Waals surface area (Å²) in [6.45, 7) is 2.07. The van der Waals surface area contributed by atoms with Gasteiger partial charge in [0.2, 0.25) is 5.91 Å². The Bertz CT molecular complexity index is 478. The van der Waals surface area contributed by atoms with Crippen LogP contribution in [-0.2, 0) is 9.53 Å². The summed E-state index contributed by atoms with van der Waals surface area (Å²) < 4.78 is 5.29. The van der Waals surface area contributed by atoms with Gasteiger partial charge in [-0.2, -0.15) is 0 Å². The fraction of sp³-hybridized carbons (Fsp3) is 0.667. The van der Waals surface area contributed by atoms with Crippen molar-refractivity contribution in [3.05, 3.63) is 18.6 Å². The number of anilines is 1. The van der Waals surface area contributed by atoms with E-state index in [1.165, 1.54) is 6.42 Å². The molecule has 1 saturated heterocycles. The van der Waals surface area contributed by atoms with Crippen LogP contribution >= 0.6 is 0 Å². The molecule has 0 spiro atoms. The van der Waals surface area contributed by atoms with E-state index >= 15 is 0 Å². The smallest absolute Gasteiger partial charge is 0.225 e. The first-order chi connectivity index (χ1) is 10.3. The SMILES string of the molecule is COCC1CN(c2cnccn2)CC1C(=O)NC1CCC1. The molecule has 2 aliphatic rings. The number of rotatable bonds is 5. The van der Waals surface area contributed by atoms with Gasteiger partial charge < -0.3 is 15.0 Å². The molecule has 1 amide bonds. The van der Waals surface area contributed by atoms with Crippen LogP contribution in [0, 0.1) is 11.8 Å². The Labute approximate surface area is 124 Å². The fourth-order valence-corrected chi connectivity index (χ4v) is 3.05. The first kappa shape index (κ1) is 14.3. The highest BCUT2D eigenvalue weighted by Gasteiger charge is 2.39. The van der Waals surface area contributed by atoms with Crippen molar-refractivity contribution in [3.63, 3.8) is 0 Å². The van der Waals surface area contributed by atoms with Crippen molar-refractivity contribution >= 4 is 11.7 Å². The monoisotopic (exact) mass is 290 g/mol. The Kier molecular flexibility index (Phi) is 4.34. The first-order valence-corrected chi connectivity index (χ1v) is 7.58. The van der Waals surface area contributed by atoms with Gasteiger partial charge in [-0.05, 0) is 19.3 Å². The maximum absolute atomic E-state index is 12.5. The molecule has 1 aliphatic heterocycles. The van der Waals surface area contributed by atoms with Crippen LogP contribution in [0.1, 0.15) is 19.3 Å². The minimum atomic E-state index is -0.0347. The standard InChI is InChI=1S/C15H22N4O2/c1-21-10-11-8-19(14-7-16-5-6-17-14)9-13(11)15(20)18-12-3-2-4-12/h5-7,11-13H,2-4,8-10H2,1H3,(H,18,20). The molecule has 2 unspecified atom stereocenters. The lowest BCUT2D eigenvalue weighted by molar-refractivity contribution is -0.127. The van der Waals surface area contributed by atoms with E-state index in [9.17, 15) is 4.79 Å². The van der Waals surface area contributed by atoms with Crippen LogP contribution in [0.15, 0.2) is 18.6 Å². The third-order valence-corrected chi connectivity index (χ3v) is 4.48. The average molecular weight is 290 g/mol. The molecule has 1 aliphatic carbocycles. The van der Waals surface area contributed by atoms with Crippen molar-refractivity contribution in [2.75, 3.05) is 31.7 Å². The fourth-order valence-electron chi connectivity index (χ4n) is 3.05. The summed E-state index contributed by atoms with van der Waals surface area (Å²) in [5, 5.41) is 3.16. The van der Waals surface area contributed by atoms with Gasteiger partial charge in [-0.3, -0.25) is 9.78 Å². The van der Waals surface area contributed by atoms with Gasteiger partial charge in [0, 0.05) is 44.6 Å². The topological polar surface area (TPSA) is 67.3 Å². The molecule has 2 heterocycles. The van der Waals surface area contributed by atoms with Gasteiger partial charge in [0.1, 0.15) is 5.82 Å². The van der Waals surface area contributed by atoms with Crippen LogP contribution in [0.3, 0.4) is 0 Å². The van der Waals surface area contributed by atoms with Crippen LogP contribution < -0.4 is 10.2 Å². The highest BCUT2D eigenvalue weighted by molar-refractivity contribution is 5.80. The second-order valence-electron chi connectivity index (χ2n) is 5.93. The molecule has 1 aromatic heterocycles. The summed E-state index contributed by atoms with van der Waals surface area (Å²) in [5.41, 5.74) is 0. The van der Waals surface area contributed by atoms with Crippen LogP contribution in [0.2, 0.25) is 0 Å². The van der Waals surface area contributed by atoms with E-state index in [4.69, 9.17) is 4.74 Å². The number of nitrogens with one attached hydrogen (secondary N) is 1. The summed E-state index contributed by atoms with van der Waals surface area (Å²) in [6.07, 6.45) is 8.54. The van der Waals surface area contributed by atoms with Crippen molar-refractivity contribution in [2.45, 2.75) is 25.3 Å². The van der Waals surface area contributed by atoms with E-state index in [-0.39, 0.29) is 17.7 Å². The molecule has 6 heteroatoms. The Morgan fingerprint density at radius 3 is 2.90 bits per heavy atom. The van der Waals surface area contributed by atoms with Gasteiger partial charge in [0.05, 0.1) is 18.7 Å². The van der Waals surface area contributed by atoms with Crippen LogP contribution in [-0.4, -0.2) is 48.7 Å². The largest absolute Gasteiger partial charge is 0.384 e. The number of hydrogen-bond acceptors (Lipinski definition) is 5. The number of hydrogen-bond donors (Lipinski definition) is 1. The summed E-state index contributed by atoms with van der Waals surface area (Å²) in [5.74, 6) is 1.16. The lowest BCUT2D eigenvalue weighted by Gasteiger charge is -2.28. The highest BCUT2D eigenvalue weighted by atomic mass is 16.5. The van der Waals surface area contributed by atoms with Gasteiger partial charge in [-0.1, -0.05) is 0 Å². The maximum Gasteiger partial charge on any atom is 0.225 e. The third kappa shape index (κ3) is 3.15. The molecule has 6 nitrogen and oxygen atoms in total. The van der Waals surface area contributed by atoms with Gasteiger partial charge in [-0.15, -0.1) is 0 Å². The molecule has 114 valence electrons. The molecule has 21 heavy (non-hydrogen) atoms. The van der Waals surface area contributed by atoms with Crippen LogP contribution in [0.5, 0.6) is 0 Å². The molecular formula is C15H22N4O2. The van der Waals surface area contributed by atoms with Crippen molar-refractivity contribution in [3.8, 4) is 0 Å². The predicted molar refractivity (Wildman–Crippen MR) is 78.9 cm³/mol. The van der Waals surface area contributed by atoms with Gasteiger partial charge in [-0.25, -0.2) is 4.98 Å². The lowest BCUT2D eigenvalue weighted by Crippen LogP contribution is -2.45. The molecule has 1 N–H and O–H groups in total. The van der Waals surface area contributed by atoms with Crippen molar-refractivity contribution in [2.24, 2.45) is 11.8 Å². The molecule has 1 saturated carbocycles. The van der Waals surface area contributed by atoms with Gasteiger partial charge >= 0.3 is 0 Å². The first-order valence-electron chi connectivity index (χ1n) is 7.58. The van der Waals surface area contributed by atoms with Gasteiger partial charge in [0.25, 0.3) is 0 Å². The normalized spacial score (nSPS) is 25.7. The molecular weight excluding hydrogens is 268 g/mol. The minimum absolute atomic E-state index is 0.0347.